The molecule has 1 fully saturated rings. The van der Waals surface area contributed by atoms with E-state index in [1.165, 1.54) is 24.3 Å². The molecule has 7 nitrogen and oxygen atoms in total. The van der Waals surface area contributed by atoms with E-state index in [4.69, 9.17) is 4.74 Å². The summed E-state index contributed by atoms with van der Waals surface area (Å²) < 4.78 is 5.32. The van der Waals surface area contributed by atoms with Gasteiger partial charge in [-0.3, -0.25) is 4.79 Å². The van der Waals surface area contributed by atoms with Gasteiger partial charge in [-0.2, -0.15) is 0 Å². The van der Waals surface area contributed by atoms with Gasteiger partial charge in [-0.25, -0.2) is 4.79 Å². The molecule has 2 aromatic rings. The molecule has 0 unspecified atom stereocenters. The second-order valence-corrected chi connectivity index (χ2v) is 6.98. The number of carbonyl (C=O) groups is 2. The van der Waals surface area contributed by atoms with Crippen LogP contribution in [0.1, 0.15) is 28.8 Å². The standard InChI is InChI=1S/C21H24N2O5/c24-18-8-6-17(7-9-18)19(25)22-15-21(27)10-12-23(13-11-21)20(26)28-14-16-4-2-1-3-5-16/h1-9,24,27H,10-15H2,(H,22,25). The van der Waals surface area contributed by atoms with Crippen molar-refractivity contribution in [1.29, 1.82) is 0 Å². The van der Waals surface area contributed by atoms with Gasteiger partial charge >= 0.3 is 6.09 Å². The molecule has 0 aromatic heterocycles. The molecule has 2 amide bonds. The Morgan fingerprint density at radius 2 is 1.68 bits per heavy atom. The lowest BCUT2D eigenvalue weighted by Gasteiger charge is -2.37. The Hall–Kier alpha value is -3.06. The van der Waals surface area contributed by atoms with Crippen LogP contribution in [0.25, 0.3) is 0 Å². The summed E-state index contributed by atoms with van der Waals surface area (Å²) in [7, 11) is 0. The van der Waals surface area contributed by atoms with E-state index in [1.54, 1.807) is 4.90 Å². The molecule has 28 heavy (non-hydrogen) atoms. The molecule has 1 heterocycles. The van der Waals surface area contributed by atoms with Crippen LogP contribution < -0.4 is 5.32 Å². The van der Waals surface area contributed by atoms with Crippen molar-refractivity contribution in [2.45, 2.75) is 25.0 Å². The Morgan fingerprint density at radius 1 is 1.04 bits per heavy atom. The quantitative estimate of drug-likeness (QED) is 0.735. The smallest absolute Gasteiger partial charge is 0.410 e. The van der Waals surface area contributed by atoms with Gasteiger partial charge in [0.15, 0.2) is 0 Å². The molecule has 148 valence electrons. The molecule has 7 heteroatoms. The van der Waals surface area contributed by atoms with E-state index in [0.717, 1.165) is 5.56 Å². The van der Waals surface area contributed by atoms with Gasteiger partial charge in [0.25, 0.3) is 5.91 Å². The fourth-order valence-corrected chi connectivity index (χ4v) is 3.05. The third kappa shape index (κ3) is 5.23. The topological polar surface area (TPSA) is 99.1 Å². The van der Waals surface area contributed by atoms with Gasteiger partial charge in [0.1, 0.15) is 12.4 Å². The lowest BCUT2D eigenvalue weighted by Crippen LogP contribution is -2.52. The number of phenolic OH excluding ortho intramolecular Hbond substituents is 1. The fourth-order valence-electron chi connectivity index (χ4n) is 3.05. The lowest BCUT2D eigenvalue weighted by molar-refractivity contribution is -0.0192. The Bertz CT molecular complexity index is 799. The number of hydrogen-bond donors (Lipinski definition) is 3. The summed E-state index contributed by atoms with van der Waals surface area (Å²) in [6, 6.07) is 15.3. The van der Waals surface area contributed by atoms with E-state index in [-0.39, 0.29) is 24.8 Å². The summed E-state index contributed by atoms with van der Waals surface area (Å²) in [5.74, 6) is -0.236. The molecule has 0 atom stereocenters. The first-order valence-corrected chi connectivity index (χ1v) is 9.20. The predicted octanol–water partition coefficient (Wildman–Crippen LogP) is 2.29. The molecule has 0 aliphatic carbocycles. The van der Waals surface area contributed by atoms with Crippen molar-refractivity contribution >= 4 is 12.0 Å². The van der Waals surface area contributed by atoms with Crippen molar-refractivity contribution in [3.63, 3.8) is 0 Å². The highest BCUT2D eigenvalue weighted by atomic mass is 16.6. The summed E-state index contributed by atoms with van der Waals surface area (Å²) in [5, 5.41) is 22.7. The van der Waals surface area contributed by atoms with Gasteiger partial charge in [-0.1, -0.05) is 30.3 Å². The first-order chi connectivity index (χ1) is 13.5. The third-order valence-electron chi connectivity index (χ3n) is 4.86. The summed E-state index contributed by atoms with van der Waals surface area (Å²) in [4.78, 5) is 25.9. The van der Waals surface area contributed by atoms with Crippen molar-refractivity contribution in [3.8, 4) is 5.75 Å². The highest BCUT2D eigenvalue weighted by molar-refractivity contribution is 5.94. The maximum absolute atomic E-state index is 12.2. The van der Waals surface area contributed by atoms with Gasteiger partial charge in [-0.15, -0.1) is 0 Å². The first-order valence-electron chi connectivity index (χ1n) is 9.20. The highest BCUT2D eigenvalue weighted by Crippen LogP contribution is 2.22. The highest BCUT2D eigenvalue weighted by Gasteiger charge is 2.34. The number of aromatic hydroxyl groups is 1. The molecule has 1 saturated heterocycles. The molecular weight excluding hydrogens is 360 g/mol. The van der Waals surface area contributed by atoms with Crippen LogP contribution in [0.4, 0.5) is 4.79 Å². The van der Waals surface area contributed by atoms with Gasteiger partial charge in [0.05, 0.1) is 5.60 Å². The number of likely N-dealkylation sites (tertiary alicyclic amines) is 1. The third-order valence-corrected chi connectivity index (χ3v) is 4.86. The molecule has 1 aliphatic heterocycles. The van der Waals surface area contributed by atoms with E-state index in [2.05, 4.69) is 5.32 Å². The van der Waals surface area contributed by atoms with Crippen LogP contribution in [0.15, 0.2) is 54.6 Å². The molecule has 3 rings (SSSR count). The zero-order valence-electron chi connectivity index (χ0n) is 15.5. The number of aliphatic hydroxyl groups is 1. The van der Waals surface area contributed by atoms with Gasteiger partial charge < -0.3 is 25.2 Å². The largest absolute Gasteiger partial charge is 0.508 e. The number of amides is 2. The number of rotatable bonds is 5. The molecular formula is C21H24N2O5. The van der Waals surface area contributed by atoms with Crippen LogP contribution in [0.3, 0.4) is 0 Å². The number of ether oxygens (including phenoxy) is 1. The zero-order valence-corrected chi connectivity index (χ0v) is 15.5. The summed E-state index contributed by atoms with van der Waals surface area (Å²) in [5.41, 5.74) is 0.257. The second kappa shape index (κ2) is 8.75. The lowest BCUT2D eigenvalue weighted by atomic mass is 9.91. The molecule has 2 aromatic carbocycles. The number of benzene rings is 2. The van der Waals surface area contributed by atoms with Crippen molar-refractivity contribution in [2.75, 3.05) is 19.6 Å². The van der Waals surface area contributed by atoms with Crippen LogP contribution in [0, 0.1) is 0 Å². The molecule has 0 saturated carbocycles. The monoisotopic (exact) mass is 384 g/mol. The van der Waals surface area contributed by atoms with Gasteiger partial charge in [-0.05, 0) is 42.7 Å². The van der Waals surface area contributed by atoms with Gasteiger partial charge in [0, 0.05) is 25.2 Å². The van der Waals surface area contributed by atoms with E-state index in [0.29, 0.717) is 31.5 Å². The minimum Gasteiger partial charge on any atom is -0.508 e. The summed E-state index contributed by atoms with van der Waals surface area (Å²) >= 11 is 0. The van der Waals surface area contributed by atoms with E-state index < -0.39 is 11.7 Å². The Balaban J connectivity index is 1.43. The van der Waals surface area contributed by atoms with Crippen molar-refractivity contribution in [3.05, 3.63) is 65.7 Å². The zero-order chi connectivity index (χ0) is 20.0. The van der Waals surface area contributed by atoms with E-state index >= 15 is 0 Å². The maximum atomic E-state index is 12.2. The normalized spacial score (nSPS) is 15.7. The van der Waals surface area contributed by atoms with Crippen molar-refractivity contribution in [2.24, 2.45) is 0 Å². The number of phenols is 1. The van der Waals surface area contributed by atoms with Crippen molar-refractivity contribution in [1.82, 2.24) is 10.2 Å². The molecule has 0 radical (unpaired) electrons. The molecule has 1 aliphatic rings. The van der Waals surface area contributed by atoms with Crippen molar-refractivity contribution < 1.29 is 24.5 Å². The number of nitrogens with one attached hydrogen (secondary N) is 1. The van der Waals surface area contributed by atoms with Crippen LogP contribution in [0.2, 0.25) is 0 Å². The second-order valence-electron chi connectivity index (χ2n) is 6.98. The first kappa shape index (κ1) is 19.7. The van der Waals surface area contributed by atoms with Crippen LogP contribution in [-0.4, -0.2) is 52.3 Å². The van der Waals surface area contributed by atoms with Crippen LogP contribution in [0.5, 0.6) is 5.75 Å². The SMILES string of the molecule is O=C(NCC1(O)CCN(C(=O)OCc2ccccc2)CC1)c1ccc(O)cc1. The van der Waals surface area contributed by atoms with Gasteiger partial charge in [0.2, 0.25) is 0 Å². The maximum Gasteiger partial charge on any atom is 0.410 e. The Labute approximate surface area is 163 Å². The minimum absolute atomic E-state index is 0.0849. The molecule has 3 N–H and O–H groups in total. The summed E-state index contributed by atoms with van der Waals surface area (Å²) in [6.07, 6.45) is 0.297. The van der Waals surface area contributed by atoms with E-state index in [1.807, 2.05) is 30.3 Å². The molecule has 0 spiro atoms. The van der Waals surface area contributed by atoms with E-state index in [9.17, 15) is 19.8 Å². The average molecular weight is 384 g/mol. The number of piperidine rings is 1. The average Bonchev–Trinajstić information content (AvgIpc) is 2.72. The Kier molecular flexibility index (Phi) is 6.16. The predicted molar refractivity (Wildman–Crippen MR) is 103 cm³/mol. The minimum atomic E-state index is -1.07. The number of hydrogen-bond acceptors (Lipinski definition) is 5. The fraction of sp³-hybridized carbons (Fsp3) is 0.333. The number of carbonyl (C=O) groups excluding carboxylic acids is 2. The summed E-state index contributed by atoms with van der Waals surface area (Å²) in [6.45, 7) is 1.03. The number of nitrogens with zero attached hydrogens (tertiary/aromatic N) is 1. The van der Waals surface area contributed by atoms with Crippen LogP contribution in [-0.2, 0) is 11.3 Å². The molecule has 0 bridgehead atoms. The Morgan fingerprint density at radius 3 is 2.32 bits per heavy atom. The van der Waals surface area contributed by atoms with Crippen LogP contribution >= 0.6 is 0 Å².